The van der Waals surface area contributed by atoms with Gasteiger partial charge in [0, 0.05) is 30.8 Å². The molecule has 0 atom stereocenters. The Hall–Kier alpha value is -3.55. The molecule has 0 aliphatic carbocycles. The quantitative estimate of drug-likeness (QED) is 0.598. The highest BCUT2D eigenvalue weighted by Gasteiger charge is 2.16. The molecule has 0 saturated heterocycles. The van der Waals surface area contributed by atoms with Gasteiger partial charge in [0.1, 0.15) is 11.4 Å². The van der Waals surface area contributed by atoms with Crippen LogP contribution in [0.25, 0.3) is 0 Å². The first-order valence-electron chi connectivity index (χ1n) is 9.94. The van der Waals surface area contributed by atoms with Gasteiger partial charge in [-0.2, -0.15) is 0 Å². The summed E-state index contributed by atoms with van der Waals surface area (Å²) in [5, 5.41) is 8.17. The molecule has 0 saturated carbocycles. The molecule has 0 bridgehead atoms. The summed E-state index contributed by atoms with van der Waals surface area (Å²) in [5.41, 5.74) is 1.39. The molecule has 2 aromatic rings. The van der Waals surface area contributed by atoms with Crippen LogP contribution in [0.15, 0.2) is 48.5 Å². The predicted molar refractivity (Wildman–Crippen MR) is 118 cm³/mol. The fourth-order valence-corrected chi connectivity index (χ4v) is 2.60. The second kappa shape index (κ2) is 11.0. The lowest BCUT2D eigenvalue weighted by Crippen LogP contribution is -2.34. The summed E-state index contributed by atoms with van der Waals surface area (Å²) in [6, 6.07) is 14.0. The second-order valence-electron chi connectivity index (χ2n) is 7.84. The Bertz CT molecular complexity index is 904. The van der Waals surface area contributed by atoms with E-state index >= 15 is 0 Å². The van der Waals surface area contributed by atoms with Crippen molar-refractivity contribution in [3.8, 4) is 5.75 Å². The molecule has 0 fully saturated rings. The Kier molecular flexibility index (Phi) is 8.43. The van der Waals surface area contributed by atoms with E-state index in [4.69, 9.17) is 9.47 Å². The van der Waals surface area contributed by atoms with Crippen LogP contribution in [0.4, 0.5) is 10.5 Å². The highest BCUT2D eigenvalue weighted by Crippen LogP contribution is 2.13. The highest BCUT2D eigenvalue weighted by atomic mass is 16.6. The van der Waals surface area contributed by atoms with E-state index in [0.717, 1.165) is 5.56 Å². The summed E-state index contributed by atoms with van der Waals surface area (Å²) >= 11 is 0. The monoisotopic (exact) mass is 427 g/mol. The molecular weight excluding hydrogens is 398 g/mol. The summed E-state index contributed by atoms with van der Waals surface area (Å²) in [5.74, 6) is 0.238. The van der Waals surface area contributed by atoms with E-state index in [1.807, 2.05) is 6.07 Å². The van der Waals surface area contributed by atoms with Gasteiger partial charge in [-0.05, 0) is 62.7 Å². The van der Waals surface area contributed by atoms with Crippen molar-refractivity contribution in [1.29, 1.82) is 0 Å². The van der Waals surface area contributed by atoms with Crippen molar-refractivity contribution in [1.82, 2.24) is 10.6 Å². The molecule has 0 aliphatic rings. The number of anilines is 1. The molecule has 3 amide bonds. The molecule has 166 valence electrons. The van der Waals surface area contributed by atoms with E-state index in [0.29, 0.717) is 23.5 Å². The number of rotatable bonds is 8. The first kappa shape index (κ1) is 23.7. The van der Waals surface area contributed by atoms with Crippen molar-refractivity contribution >= 4 is 23.6 Å². The van der Waals surface area contributed by atoms with E-state index < -0.39 is 11.7 Å². The normalized spacial score (nSPS) is 10.7. The van der Waals surface area contributed by atoms with Crippen LogP contribution < -0.4 is 20.7 Å². The minimum Gasteiger partial charge on any atom is -0.497 e. The van der Waals surface area contributed by atoms with E-state index in [9.17, 15) is 14.4 Å². The lowest BCUT2D eigenvalue weighted by atomic mass is 10.1. The van der Waals surface area contributed by atoms with Gasteiger partial charge in [-0.3, -0.25) is 9.59 Å². The fraction of sp³-hybridized carbons (Fsp3) is 0.348. The predicted octanol–water partition coefficient (Wildman–Crippen LogP) is 3.48. The number of carbonyl (C=O) groups is 3. The Morgan fingerprint density at radius 1 is 0.968 bits per heavy atom. The Labute approximate surface area is 182 Å². The van der Waals surface area contributed by atoms with Crippen LogP contribution >= 0.6 is 0 Å². The smallest absolute Gasteiger partial charge is 0.407 e. The summed E-state index contributed by atoms with van der Waals surface area (Å²) in [6.07, 6.45) is -0.451. The molecule has 0 radical (unpaired) electrons. The van der Waals surface area contributed by atoms with Gasteiger partial charge >= 0.3 is 6.09 Å². The van der Waals surface area contributed by atoms with Crippen molar-refractivity contribution in [2.75, 3.05) is 19.0 Å². The molecule has 0 unspecified atom stereocenters. The molecule has 2 aromatic carbocycles. The number of nitrogens with one attached hydrogen (secondary N) is 3. The third-order valence-electron chi connectivity index (χ3n) is 4.04. The van der Waals surface area contributed by atoms with E-state index in [1.165, 1.54) is 0 Å². The molecule has 8 heteroatoms. The first-order valence-corrected chi connectivity index (χ1v) is 9.94. The lowest BCUT2D eigenvalue weighted by molar-refractivity contribution is -0.116. The van der Waals surface area contributed by atoms with Crippen LogP contribution in [0.2, 0.25) is 0 Å². The molecule has 0 aromatic heterocycles. The van der Waals surface area contributed by atoms with Gasteiger partial charge in [0.05, 0.1) is 7.11 Å². The second-order valence-corrected chi connectivity index (χ2v) is 7.84. The largest absolute Gasteiger partial charge is 0.497 e. The molecule has 0 spiro atoms. The average Bonchev–Trinajstić information content (AvgIpc) is 2.71. The van der Waals surface area contributed by atoms with Crippen LogP contribution in [0, 0.1) is 0 Å². The zero-order chi connectivity index (χ0) is 22.9. The minimum absolute atomic E-state index is 0.109. The summed E-state index contributed by atoms with van der Waals surface area (Å²) in [4.78, 5) is 36.0. The number of carbonyl (C=O) groups excluding carboxylic acids is 3. The maximum atomic E-state index is 12.3. The van der Waals surface area contributed by atoms with E-state index in [2.05, 4.69) is 16.0 Å². The highest BCUT2D eigenvalue weighted by molar-refractivity contribution is 5.94. The summed E-state index contributed by atoms with van der Waals surface area (Å²) in [7, 11) is 1.57. The number of hydrogen-bond donors (Lipinski definition) is 3. The molecule has 31 heavy (non-hydrogen) atoms. The number of amides is 3. The topological polar surface area (TPSA) is 106 Å². The van der Waals surface area contributed by atoms with Crippen molar-refractivity contribution in [2.24, 2.45) is 0 Å². The van der Waals surface area contributed by atoms with Gasteiger partial charge in [-0.15, -0.1) is 0 Å². The van der Waals surface area contributed by atoms with E-state index in [-0.39, 0.29) is 24.8 Å². The Morgan fingerprint density at radius 2 is 1.68 bits per heavy atom. The van der Waals surface area contributed by atoms with Crippen molar-refractivity contribution in [3.05, 3.63) is 59.7 Å². The number of hydrogen-bond acceptors (Lipinski definition) is 5. The standard InChI is InChI=1S/C23H29N3O5/c1-23(2,3)31-22(29)24-13-12-20(27)26-18-7-5-6-16(14-18)15-25-21(28)17-8-10-19(30-4)11-9-17/h5-11,14H,12-13,15H2,1-4H3,(H,24,29)(H,25,28)(H,26,27). The molecule has 0 heterocycles. The van der Waals surface area contributed by atoms with Gasteiger partial charge in [0.2, 0.25) is 5.91 Å². The lowest BCUT2D eigenvalue weighted by Gasteiger charge is -2.19. The first-order chi connectivity index (χ1) is 14.7. The zero-order valence-electron chi connectivity index (χ0n) is 18.3. The molecular formula is C23H29N3O5. The van der Waals surface area contributed by atoms with Gasteiger partial charge in [-0.1, -0.05) is 12.1 Å². The third kappa shape index (κ3) is 8.77. The number of benzene rings is 2. The van der Waals surface area contributed by atoms with Crippen LogP contribution in [0.5, 0.6) is 5.75 Å². The summed E-state index contributed by atoms with van der Waals surface area (Å²) < 4.78 is 10.2. The van der Waals surface area contributed by atoms with Crippen molar-refractivity contribution in [3.63, 3.8) is 0 Å². The van der Waals surface area contributed by atoms with E-state index in [1.54, 1.807) is 70.3 Å². The fourth-order valence-electron chi connectivity index (χ4n) is 2.60. The van der Waals surface area contributed by atoms with Crippen molar-refractivity contribution < 1.29 is 23.9 Å². The maximum absolute atomic E-state index is 12.3. The van der Waals surface area contributed by atoms with Gasteiger partial charge in [0.15, 0.2) is 0 Å². The van der Waals surface area contributed by atoms with Gasteiger partial charge in [0.25, 0.3) is 5.91 Å². The molecule has 2 rings (SSSR count). The van der Waals surface area contributed by atoms with Crippen LogP contribution in [-0.4, -0.2) is 37.2 Å². The minimum atomic E-state index is -0.588. The van der Waals surface area contributed by atoms with Crippen molar-refractivity contribution in [2.45, 2.75) is 39.3 Å². The maximum Gasteiger partial charge on any atom is 0.407 e. The van der Waals surface area contributed by atoms with Gasteiger partial charge < -0.3 is 25.4 Å². The van der Waals surface area contributed by atoms with Crippen LogP contribution in [0.3, 0.4) is 0 Å². The Morgan fingerprint density at radius 3 is 2.32 bits per heavy atom. The SMILES string of the molecule is COc1ccc(C(=O)NCc2cccc(NC(=O)CCNC(=O)OC(C)(C)C)c2)cc1. The molecule has 8 nitrogen and oxygen atoms in total. The third-order valence-corrected chi connectivity index (χ3v) is 4.04. The summed E-state index contributed by atoms with van der Waals surface area (Å²) in [6.45, 7) is 5.79. The zero-order valence-corrected chi connectivity index (χ0v) is 18.3. The average molecular weight is 428 g/mol. The molecule has 3 N–H and O–H groups in total. The molecule has 0 aliphatic heterocycles. The number of methoxy groups -OCH3 is 1. The van der Waals surface area contributed by atoms with Gasteiger partial charge in [-0.25, -0.2) is 4.79 Å². The van der Waals surface area contributed by atoms with Crippen LogP contribution in [0.1, 0.15) is 43.1 Å². The number of alkyl carbamates (subject to hydrolysis) is 1. The number of ether oxygens (including phenoxy) is 2. The van der Waals surface area contributed by atoms with Crippen LogP contribution in [-0.2, 0) is 16.1 Å². The Balaban J connectivity index is 1.79.